The zero-order chi connectivity index (χ0) is 60.3. The molecule has 0 radical (unpaired) electrons. The summed E-state index contributed by atoms with van der Waals surface area (Å²) in [5, 5.41) is 57.2. The Labute approximate surface area is 510 Å². The summed E-state index contributed by atoms with van der Waals surface area (Å²) in [6, 6.07) is -1.03. The summed E-state index contributed by atoms with van der Waals surface area (Å²) in [5.41, 5.74) is 0. The number of hydrogen-bond acceptors (Lipinski definition) is 10. The van der Waals surface area contributed by atoms with Crippen molar-refractivity contribution in [2.24, 2.45) is 0 Å². The van der Waals surface area contributed by atoms with Gasteiger partial charge < -0.3 is 45.1 Å². The van der Waals surface area contributed by atoms with Crippen molar-refractivity contribution in [3.8, 4) is 0 Å². The molecule has 83 heavy (non-hydrogen) atoms. The van der Waals surface area contributed by atoms with E-state index in [9.17, 15) is 35.1 Å². The second kappa shape index (κ2) is 59.9. The first-order chi connectivity index (χ1) is 40.7. The van der Waals surface area contributed by atoms with Crippen LogP contribution in [-0.4, -0.2) is 99.6 Å². The van der Waals surface area contributed by atoms with Crippen LogP contribution < -0.4 is 5.32 Å². The third-order valence-electron chi connectivity index (χ3n) is 16.7. The molecule has 1 rings (SSSR count). The fourth-order valence-corrected chi connectivity index (χ4v) is 11.1. The standard InChI is InChI=1S/C72H133NO10/c1-4-7-10-13-16-19-22-25-27-29-31-33-35-37-39-42-45-48-51-54-57-60-67(77)83-70-69(79)68(78)66(61-74)82-72(70)81-62-63(64(75)58-55-52-49-46-43-40-24-21-18-15-12-9-6-3)73-71(80)65(76)59-56-53-50-47-44-41-38-36-34-32-30-28-26-23-20-17-14-11-8-5-2/h17,20,25-28,55,58,63-66,68-70,72,74-76,78-79H,4-16,18-19,21-24,29-54,56-57,59-62H2,1-3H3,(H,73,80)/b20-17-,27-25+,28-26-,58-55+. The number of unbranched alkanes of at least 4 members (excludes halogenated alkanes) is 41. The summed E-state index contributed by atoms with van der Waals surface area (Å²) < 4.78 is 17.7. The molecule has 1 saturated heterocycles. The molecule has 1 heterocycles. The van der Waals surface area contributed by atoms with Crippen molar-refractivity contribution < 1.29 is 49.3 Å². The minimum absolute atomic E-state index is 0.124. The van der Waals surface area contributed by atoms with Gasteiger partial charge in [-0.1, -0.05) is 294 Å². The van der Waals surface area contributed by atoms with Crippen molar-refractivity contribution in [1.82, 2.24) is 5.32 Å². The summed E-state index contributed by atoms with van der Waals surface area (Å²) >= 11 is 0. The first kappa shape index (κ1) is 78.6. The molecule has 1 amide bonds. The molecule has 8 atom stereocenters. The third kappa shape index (κ3) is 47.4. The van der Waals surface area contributed by atoms with E-state index < -0.39 is 67.4 Å². The molecule has 6 N–H and O–H groups in total. The Morgan fingerprint density at radius 3 is 1.27 bits per heavy atom. The predicted octanol–water partition coefficient (Wildman–Crippen LogP) is 18.0. The molecule has 1 fully saturated rings. The molecule has 0 aromatic heterocycles. The molecule has 0 aromatic carbocycles. The summed E-state index contributed by atoms with van der Waals surface area (Å²) in [6.07, 6.45) is 64.3. The van der Waals surface area contributed by atoms with E-state index >= 15 is 0 Å². The van der Waals surface area contributed by atoms with Crippen LogP contribution >= 0.6 is 0 Å². The number of rotatable bonds is 61. The molecule has 486 valence electrons. The van der Waals surface area contributed by atoms with E-state index in [-0.39, 0.29) is 19.4 Å². The molecule has 8 unspecified atom stereocenters. The molecule has 0 saturated carbocycles. The Bertz CT molecular complexity index is 1540. The van der Waals surface area contributed by atoms with Gasteiger partial charge in [-0.3, -0.25) is 9.59 Å². The SMILES string of the molecule is CCCCC/C=C\C/C=C\CCCCCCCCCCCCC(O)C(=O)NC(COC1OC(CO)C(O)C(O)C1OC(=O)CCCCCCCCCCCCC/C=C/CCCCCCCC)C(O)/C=C/CCCCCCCCCCCCC. The van der Waals surface area contributed by atoms with Crippen molar-refractivity contribution in [1.29, 1.82) is 0 Å². The third-order valence-corrected chi connectivity index (χ3v) is 16.7. The fraction of sp³-hybridized carbons (Fsp3) is 0.861. The Morgan fingerprint density at radius 1 is 0.470 bits per heavy atom. The normalized spacial score (nSPS) is 18.8. The maximum Gasteiger partial charge on any atom is 0.306 e. The van der Waals surface area contributed by atoms with Crippen LogP contribution in [0, 0.1) is 0 Å². The van der Waals surface area contributed by atoms with E-state index in [1.807, 2.05) is 6.08 Å². The van der Waals surface area contributed by atoms with Crippen LogP contribution in [0.15, 0.2) is 48.6 Å². The number of amides is 1. The van der Waals surface area contributed by atoms with E-state index in [0.717, 1.165) is 70.6 Å². The molecular weight excluding hydrogens is 1040 g/mol. The van der Waals surface area contributed by atoms with Gasteiger partial charge in [0.2, 0.25) is 5.91 Å². The van der Waals surface area contributed by atoms with Crippen molar-refractivity contribution >= 4 is 11.9 Å². The van der Waals surface area contributed by atoms with E-state index in [4.69, 9.17) is 14.2 Å². The van der Waals surface area contributed by atoms with Gasteiger partial charge in [0.05, 0.1) is 25.4 Å². The highest BCUT2D eigenvalue weighted by Crippen LogP contribution is 2.26. The number of aliphatic hydroxyl groups excluding tert-OH is 5. The zero-order valence-corrected chi connectivity index (χ0v) is 54.1. The second-order valence-electron chi connectivity index (χ2n) is 24.6. The number of allylic oxidation sites excluding steroid dienone is 7. The average molecular weight is 1170 g/mol. The molecule has 1 aliphatic heterocycles. The lowest BCUT2D eigenvalue weighted by Gasteiger charge is -2.41. The van der Waals surface area contributed by atoms with Crippen LogP contribution in [0.2, 0.25) is 0 Å². The number of carbonyl (C=O) groups excluding carboxylic acids is 2. The van der Waals surface area contributed by atoms with Gasteiger partial charge in [0.15, 0.2) is 12.4 Å². The van der Waals surface area contributed by atoms with Crippen LogP contribution in [0.4, 0.5) is 0 Å². The molecule has 0 bridgehead atoms. The summed E-state index contributed by atoms with van der Waals surface area (Å²) in [7, 11) is 0. The molecule has 0 spiro atoms. The summed E-state index contributed by atoms with van der Waals surface area (Å²) in [6.45, 7) is 5.81. The largest absolute Gasteiger partial charge is 0.454 e. The number of esters is 1. The number of ether oxygens (including phenoxy) is 3. The average Bonchev–Trinajstić information content (AvgIpc) is 3.54. The van der Waals surface area contributed by atoms with Crippen molar-refractivity contribution in [3.63, 3.8) is 0 Å². The summed E-state index contributed by atoms with van der Waals surface area (Å²) in [4.78, 5) is 26.7. The van der Waals surface area contributed by atoms with Crippen molar-refractivity contribution in [2.75, 3.05) is 13.2 Å². The second-order valence-corrected chi connectivity index (χ2v) is 24.6. The fourth-order valence-electron chi connectivity index (χ4n) is 11.1. The lowest BCUT2D eigenvalue weighted by molar-refractivity contribution is -0.305. The van der Waals surface area contributed by atoms with Crippen LogP contribution in [-0.2, 0) is 23.8 Å². The number of aliphatic hydroxyl groups is 5. The van der Waals surface area contributed by atoms with Gasteiger partial charge >= 0.3 is 5.97 Å². The van der Waals surface area contributed by atoms with Crippen molar-refractivity contribution in [2.45, 2.75) is 384 Å². The van der Waals surface area contributed by atoms with Gasteiger partial charge in [0, 0.05) is 6.42 Å². The van der Waals surface area contributed by atoms with E-state index in [2.05, 4.69) is 62.5 Å². The summed E-state index contributed by atoms with van der Waals surface area (Å²) in [5.74, 6) is -1.19. The first-order valence-corrected chi connectivity index (χ1v) is 35.4. The van der Waals surface area contributed by atoms with Crippen LogP contribution in [0.5, 0.6) is 0 Å². The Balaban J connectivity index is 2.60. The van der Waals surface area contributed by atoms with Crippen LogP contribution in [0.3, 0.4) is 0 Å². The monoisotopic (exact) mass is 1170 g/mol. The lowest BCUT2D eigenvalue weighted by Crippen LogP contribution is -2.61. The molecular formula is C72H133NO10. The Morgan fingerprint density at radius 2 is 0.831 bits per heavy atom. The van der Waals surface area contributed by atoms with Crippen molar-refractivity contribution in [3.05, 3.63) is 48.6 Å². The van der Waals surface area contributed by atoms with Gasteiger partial charge in [-0.05, 0) is 83.5 Å². The topological polar surface area (TPSA) is 175 Å². The molecule has 0 aliphatic carbocycles. The van der Waals surface area contributed by atoms with Gasteiger partial charge in [-0.25, -0.2) is 0 Å². The van der Waals surface area contributed by atoms with E-state index in [1.54, 1.807) is 6.08 Å². The smallest absolute Gasteiger partial charge is 0.306 e. The highest BCUT2D eigenvalue weighted by molar-refractivity contribution is 5.80. The predicted molar refractivity (Wildman–Crippen MR) is 347 cm³/mol. The van der Waals surface area contributed by atoms with Gasteiger partial charge in [0.1, 0.15) is 24.4 Å². The van der Waals surface area contributed by atoms with Gasteiger partial charge in [-0.2, -0.15) is 0 Å². The van der Waals surface area contributed by atoms with Crippen LogP contribution in [0.25, 0.3) is 0 Å². The lowest BCUT2D eigenvalue weighted by atomic mass is 9.99. The Hall–Kier alpha value is -2.38. The van der Waals surface area contributed by atoms with Gasteiger partial charge in [0.25, 0.3) is 0 Å². The number of hydrogen-bond donors (Lipinski definition) is 6. The molecule has 11 nitrogen and oxygen atoms in total. The minimum atomic E-state index is -1.61. The molecule has 1 aliphatic rings. The maximum absolute atomic E-state index is 13.5. The Kier molecular flexibility index (Phi) is 56.8. The van der Waals surface area contributed by atoms with Gasteiger partial charge in [-0.15, -0.1) is 0 Å². The zero-order valence-electron chi connectivity index (χ0n) is 54.1. The maximum atomic E-state index is 13.5. The molecule has 0 aromatic rings. The highest BCUT2D eigenvalue weighted by Gasteiger charge is 2.47. The minimum Gasteiger partial charge on any atom is -0.454 e. The first-order valence-electron chi connectivity index (χ1n) is 35.4. The quantitative estimate of drug-likeness (QED) is 0.0195. The highest BCUT2D eigenvalue weighted by atomic mass is 16.7. The van der Waals surface area contributed by atoms with E-state index in [0.29, 0.717) is 12.8 Å². The number of carbonyl (C=O) groups is 2. The molecule has 11 heteroatoms. The van der Waals surface area contributed by atoms with Crippen LogP contribution in [0.1, 0.15) is 335 Å². The number of nitrogens with one attached hydrogen (secondary N) is 1. The van der Waals surface area contributed by atoms with E-state index in [1.165, 1.54) is 218 Å².